The number of fused-ring (bicyclic) bond motifs is 1. The maximum absolute atomic E-state index is 11.0. The van der Waals surface area contributed by atoms with Crippen molar-refractivity contribution in [2.24, 2.45) is 0 Å². The largest absolute Gasteiger partial charge is 0.477 e. The number of hydrogen-bond donors (Lipinski definition) is 1. The molecule has 2 heterocycles. The van der Waals surface area contributed by atoms with Crippen LogP contribution in [0.25, 0.3) is 5.65 Å². The predicted octanol–water partition coefficient (Wildman–Crippen LogP) is 1.70. The molecule has 1 N–H and O–H groups in total. The number of nitrogens with zero attached hydrogens (tertiary/aromatic N) is 3. The average Bonchev–Trinajstić information content (AvgIpc) is 2.41. The van der Waals surface area contributed by atoms with Gasteiger partial charge < -0.3 is 5.11 Å². The molecule has 0 bridgehead atoms. The third-order valence-corrected chi connectivity index (χ3v) is 2.33. The topological polar surface area (TPSA) is 67.5 Å². The minimum absolute atomic E-state index is 0.0978. The van der Waals surface area contributed by atoms with Crippen LogP contribution in [0, 0.1) is 13.8 Å². The molecule has 0 aromatic carbocycles. The Hall–Kier alpha value is -1.62. The summed E-state index contributed by atoms with van der Waals surface area (Å²) in [6, 6.07) is 1.63. The SMILES string of the molecule is Cc1cc(Cl)n2nc(C)c(C(=O)O)c2n1. The Morgan fingerprint density at radius 3 is 2.80 bits per heavy atom. The fourth-order valence-electron chi connectivity index (χ4n) is 1.45. The maximum atomic E-state index is 11.0. The monoisotopic (exact) mass is 225 g/mol. The lowest BCUT2D eigenvalue weighted by molar-refractivity contribution is 0.0698. The highest BCUT2D eigenvalue weighted by Gasteiger charge is 2.18. The van der Waals surface area contributed by atoms with Crippen LogP contribution in [0.5, 0.6) is 0 Å². The number of carboxylic acid groups (broad SMARTS) is 1. The van der Waals surface area contributed by atoms with Gasteiger partial charge in [-0.2, -0.15) is 5.10 Å². The van der Waals surface area contributed by atoms with E-state index in [4.69, 9.17) is 16.7 Å². The van der Waals surface area contributed by atoms with Crippen molar-refractivity contribution in [2.45, 2.75) is 13.8 Å². The first kappa shape index (κ1) is 9.92. The van der Waals surface area contributed by atoms with Crippen LogP contribution in [-0.4, -0.2) is 25.7 Å². The Labute approximate surface area is 90.3 Å². The summed E-state index contributed by atoms with van der Waals surface area (Å²) in [6.45, 7) is 3.36. The number of rotatable bonds is 1. The van der Waals surface area contributed by atoms with Crippen molar-refractivity contribution in [1.29, 1.82) is 0 Å². The molecule has 0 amide bonds. The highest BCUT2D eigenvalue weighted by atomic mass is 35.5. The zero-order chi connectivity index (χ0) is 11.2. The molecule has 0 spiro atoms. The van der Waals surface area contributed by atoms with Gasteiger partial charge in [0.1, 0.15) is 10.7 Å². The van der Waals surface area contributed by atoms with E-state index in [0.29, 0.717) is 16.5 Å². The Morgan fingerprint density at radius 2 is 2.20 bits per heavy atom. The zero-order valence-corrected chi connectivity index (χ0v) is 8.91. The lowest BCUT2D eigenvalue weighted by atomic mass is 10.2. The molecule has 0 unspecified atom stereocenters. The third-order valence-electron chi connectivity index (χ3n) is 2.06. The second kappa shape index (κ2) is 3.20. The Bertz CT molecular complexity index is 562. The van der Waals surface area contributed by atoms with Crippen molar-refractivity contribution >= 4 is 23.2 Å². The van der Waals surface area contributed by atoms with Gasteiger partial charge in [-0.15, -0.1) is 0 Å². The van der Waals surface area contributed by atoms with E-state index >= 15 is 0 Å². The molecule has 2 aromatic rings. The molecule has 2 rings (SSSR count). The first-order valence-corrected chi connectivity index (χ1v) is 4.64. The van der Waals surface area contributed by atoms with Crippen molar-refractivity contribution in [3.8, 4) is 0 Å². The van der Waals surface area contributed by atoms with Gasteiger partial charge in [-0.25, -0.2) is 14.3 Å². The summed E-state index contributed by atoms with van der Waals surface area (Å²) in [6.07, 6.45) is 0. The summed E-state index contributed by atoms with van der Waals surface area (Å²) < 4.78 is 1.33. The normalized spacial score (nSPS) is 10.9. The molecule has 0 atom stereocenters. The first-order valence-electron chi connectivity index (χ1n) is 4.26. The van der Waals surface area contributed by atoms with E-state index in [2.05, 4.69) is 10.1 Å². The Balaban J connectivity index is 2.93. The number of halogens is 1. The average molecular weight is 226 g/mol. The Morgan fingerprint density at radius 1 is 1.53 bits per heavy atom. The number of carbonyl (C=O) groups is 1. The van der Waals surface area contributed by atoms with E-state index in [1.54, 1.807) is 19.9 Å². The van der Waals surface area contributed by atoms with Gasteiger partial charge in [0.05, 0.1) is 5.69 Å². The van der Waals surface area contributed by atoms with E-state index in [-0.39, 0.29) is 11.2 Å². The smallest absolute Gasteiger partial charge is 0.341 e. The lowest BCUT2D eigenvalue weighted by Gasteiger charge is -1.98. The fourth-order valence-corrected chi connectivity index (χ4v) is 1.73. The number of aromatic carboxylic acids is 1. The van der Waals surface area contributed by atoms with Crippen LogP contribution in [0.1, 0.15) is 21.7 Å². The van der Waals surface area contributed by atoms with Crippen molar-refractivity contribution in [3.05, 3.63) is 28.2 Å². The van der Waals surface area contributed by atoms with E-state index in [1.807, 2.05) is 0 Å². The lowest BCUT2D eigenvalue weighted by Crippen LogP contribution is -2.00. The van der Waals surface area contributed by atoms with E-state index in [0.717, 1.165) is 0 Å². The van der Waals surface area contributed by atoms with Crippen molar-refractivity contribution in [3.63, 3.8) is 0 Å². The zero-order valence-electron chi connectivity index (χ0n) is 8.15. The standard InChI is InChI=1S/C9H8ClN3O2/c1-4-3-6(10)13-8(11-4)7(9(14)15)5(2)12-13/h3H,1-2H3,(H,14,15). The summed E-state index contributed by atoms with van der Waals surface area (Å²) in [4.78, 5) is 15.1. The Kier molecular flexibility index (Phi) is 2.12. The molecule has 2 aromatic heterocycles. The van der Waals surface area contributed by atoms with Crippen LogP contribution >= 0.6 is 11.6 Å². The molecule has 0 fully saturated rings. The number of aromatic nitrogens is 3. The van der Waals surface area contributed by atoms with Crippen LogP contribution in [0.4, 0.5) is 0 Å². The second-order valence-electron chi connectivity index (χ2n) is 3.22. The highest BCUT2D eigenvalue weighted by molar-refractivity contribution is 6.29. The summed E-state index contributed by atoms with van der Waals surface area (Å²) in [5.41, 5.74) is 1.45. The molecule has 0 radical (unpaired) electrons. The molecule has 5 nitrogen and oxygen atoms in total. The predicted molar refractivity (Wildman–Crippen MR) is 54.4 cm³/mol. The third kappa shape index (κ3) is 1.45. The van der Waals surface area contributed by atoms with Crippen molar-refractivity contribution in [2.75, 3.05) is 0 Å². The summed E-state index contributed by atoms with van der Waals surface area (Å²) in [7, 11) is 0. The molecule has 0 saturated heterocycles. The first-order chi connectivity index (χ1) is 7.00. The molecule has 0 saturated carbocycles. The molecule has 0 aliphatic heterocycles. The molecule has 6 heteroatoms. The summed E-state index contributed by atoms with van der Waals surface area (Å²) in [5, 5.41) is 13.4. The number of aryl methyl sites for hydroxylation is 2. The van der Waals surface area contributed by atoms with Gasteiger partial charge in [0.15, 0.2) is 5.65 Å². The number of hydrogen-bond acceptors (Lipinski definition) is 3. The summed E-state index contributed by atoms with van der Waals surface area (Å²) >= 11 is 5.92. The second-order valence-corrected chi connectivity index (χ2v) is 3.61. The van der Waals surface area contributed by atoms with E-state index in [9.17, 15) is 4.79 Å². The summed E-state index contributed by atoms with van der Waals surface area (Å²) in [5.74, 6) is -1.04. The fraction of sp³-hybridized carbons (Fsp3) is 0.222. The van der Waals surface area contributed by atoms with Gasteiger partial charge in [-0.05, 0) is 19.9 Å². The van der Waals surface area contributed by atoms with Gasteiger partial charge >= 0.3 is 5.97 Å². The number of carboxylic acids is 1. The molecular weight excluding hydrogens is 218 g/mol. The van der Waals surface area contributed by atoms with E-state index < -0.39 is 5.97 Å². The molecule has 78 valence electrons. The molecule has 0 aliphatic rings. The van der Waals surface area contributed by atoms with Crippen molar-refractivity contribution < 1.29 is 9.90 Å². The van der Waals surface area contributed by atoms with Gasteiger partial charge in [-0.1, -0.05) is 11.6 Å². The minimum atomic E-state index is -1.04. The van der Waals surface area contributed by atoms with Crippen LogP contribution in [0.2, 0.25) is 5.15 Å². The van der Waals surface area contributed by atoms with Gasteiger partial charge in [0, 0.05) is 5.69 Å². The van der Waals surface area contributed by atoms with Crippen LogP contribution < -0.4 is 0 Å². The van der Waals surface area contributed by atoms with Crippen LogP contribution in [0.3, 0.4) is 0 Å². The quantitative estimate of drug-likeness (QED) is 0.750. The highest BCUT2D eigenvalue weighted by Crippen LogP contribution is 2.18. The molecule has 0 aliphatic carbocycles. The maximum Gasteiger partial charge on any atom is 0.341 e. The van der Waals surface area contributed by atoms with Gasteiger partial charge in [0.25, 0.3) is 0 Å². The van der Waals surface area contributed by atoms with Gasteiger partial charge in [0.2, 0.25) is 0 Å². The van der Waals surface area contributed by atoms with Crippen LogP contribution in [-0.2, 0) is 0 Å². The van der Waals surface area contributed by atoms with E-state index in [1.165, 1.54) is 4.52 Å². The minimum Gasteiger partial charge on any atom is -0.477 e. The van der Waals surface area contributed by atoms with Crippen molar-refractivity contribution in [1.82, 2.24) is 14.6 Å². The van der Waals surface area contributed by atoms with Gasteiger partial charge in [-0.3, -0.25) is 0 Å². The molecule has 15 heavy (non-hydrogen) atoms. The van der Waals surface area contributed by atoms with Crippen LogP contribution in [0.15, 0.2) is 6.07 Å². The molecular formula is C9H8ClN3O2.